The summed E-state index contributed by atoms with van der Waals surface area (Å²) in [5, 5.41) is 16.3. The maximum Gasteiger partial charge on any atom is 0.240 e. The number of allylic oxidation sites excluding steroid dienone is 1. The van der Waals surface area contributed by atoms with E-state index in [0.717, 1.165) is 6.26 Å². The summed E-state index contributed by atoms with van der Waals surface area (Å²) in [5.74, 6) is 0. The second kappa shape index (κ2) is 4.48. The van der Waals surface area contributed by atoms with Crippen LogP contribution in [0.5, 0.6) is 0 Å². The number of nitriles is 2. The maximum atomic E-state index is 11.0. The quantitative estimate of drug-likeness (QED) is 0.483. The first kappa shape index (κ1) is 11.5. The zero-order chi connectivity index (χ0) is 10.5. The van der Waals surface area contributed by atoms with Gasteiger partial charge in [0.25, 0.3) is 0 Å². The highest BCUT2D eigenvalue weighted by Gasteiger charge is 2.18. The molecule has 0 radical (unpaired) electrons. The molecule has 0 atom stereocenters. The van der Waals surface area contributed by atoms with Crippen molar-refractivity contribution < 1.29 is 13.2 Å². The summed E-state index contributed by atoms with van der Waals surface area (Å²) < 4.78 is 26.7. The van der Waals surface area contributed by atoms with E-state index in [1.807, 2.05) is 0 Å². The third-order valence-corrected chi connectivity index (χ3v) is 2.04. The highest BCUT2D eigenvalue weighted by atomic mass is 32.2. The first-order valence-corrected chi connectivity index (χ1v) is 5.23. The zero-order valence-electron chi connectivity index (χ0n) is 7.23. The Morgan fingerprint density at radius 2 is 1.85 bits per heavy atom. The van der Waals surface area contributed by atoms with Gasteiger partial charge in [0, 0.05) is 6.26 Å². The van der Waals surface area contributed by atoms with Crippen LogP contribution in [0.3, 0.4) is 0 Å². The van der Waals surface area contributed by atoms with Gasteiger partial charge in [0.2, 0.25) is 14.9 Å². The van der Waals surface area contributed by atoms with E-state index in [1.165, 1.54) is 12.1 Å². The summed E-state index contributed by atoms with van der Waals surface area (Å²) in [6.07, 6.45) is 0.882. The number of sulfone groups is 1. The molecule has 0 saturated carbocycles. The van der Waals surface area contributed by atoms with Crippen LogP contribution in [-0.2, 0) is 14.6 Å². The van der Waals surface area contributed by atoms with Crippen molar-refractivity contribution in [2.45, 2.75) is 6.92 Å². The lowest BCUT2D eigenvalue weighted by molar-refractivity contribution is 0.251. The van der Waals surface area contributed by atoms with Crippen LogP contribution in [0, 0.1) is 22.7 Å². The predicted octanol–water partition coefficient (Wildman–Crippen LogP) is 0.326. The fourth-order valence-corrected chi connectivity index (χ4v) is 1.41. The molecule has 70 valence electrons. The third kappa shape index (κ3) is 3.14. The molecular formula is C7H8N2O3S. The second-order valence-electron chi connectivity index (χ2n) is 2.09. The average molecular weight is 200 g/mol. The minimum atomic E-state index is -3.64. The minimum Gasteiger partial charge on any atom is -0.482 e. The van der Waals surface area contributed by atoms with Gasteiger partial charge in [-0.2, -0.15) is 10.5 Å². The Hall–Kier alpha value is -1.53. The van der Waals surface area contributed by atoms with Gasteiger partial charge in [0.05, 0.1) is 6.61 Å². The molecule has 0 rings (SSSR count). The molecule has 0 N–H and O–H groups in total. The summed E-state index contributed by atoms with van der Waals surface area (Å²) in [6.45, 7) is 1.66. The fraction of sp³-hybridized carbons (Fsp3) is 0.429. The Kier molecular flexibility index (Phi) is 3.96. The molecule has 0 aliphatic rings. The Morgan fingerprint density at radius 3 is 2.08 bits per heavy atom. The largest absolute Gasteiger partial charge is 0.482 e. The van der Waals surface area contributed by atoms with Gasteiger partial charge < -0.3 is 4.74 Å². The first-order chi connectivity index (χ1) is 5.97. The predicted molar refractivity (Wildman–Crippen MR) is 44.7 cm³/mol. The molecule has 5 nitrogen and oxygen atoms in total. The standard InChI is InChI=1S/C7H8N2O3S/c1-3-12-7(13(2,10)11)6(4-8)5-9/h3H2,1-2H3. The number of rotatable bonds is 3. The van der Waals surface area contributed by atoms with Crippen molar-refractivity contribution in [1.29, 1.82) is 10.5 Å². The van der Waals surface area contributed by atoms with E-state index >= 15 is 0 Å². The molecule has 6 heteroatoms. The molecule has 0 aromatic rings. The first-order valence-electron chi connectivity index (χ1n) is 3.34. The lowest BCUT2D eigenvalue weighted by atomic mass is 10.4. The smallest absolute Gasteiger partial charge is 0.240 e. The summed E-state index contributed by atoms with van der Waals surface area (Å²) in [4.78, 5) is 0. The number of hydrogen-bond donors (Lipinski definition) is 0. The van der Waals surface area contributed by atoms with Gasteiger partial charge >= 0.3 is 0 Å². The molecule has 0 aromatic heterocycles. The Balaban J connectivity index is 5.43. The van der Waals surface area contributed by atoms with Gasteiger partial charge in [-0.05, 0) is 6.92 Å². The molecule has 0 heterocycles. The SMILES string of the molecule is CCOC(=C(C#N)C#N)S(C)(=O)=O. The topological polar surface area (TPSA) is 90.9 Å². The van der Waals surface area contributed by atoms with Crippen molar-refractivity contribution in [3.63, 3.8) is 0 Å². The van der Waals surface area contributed by atoms with E-state index in [4.69, 9.17) is 15.3 Å². The van der Waals surface area contributed by atoms with Gasteiger partial charge in [0.1, 0.15) is 12.1 Å². The highest BCUT2D eigenvalue weighted by molar-refractivity contribution is 7.94. The molecule has 0 saturated heterocycles. The molecule has 0 unspecified atom stereocenters. The molecule has 0 fully saturated rings. The number of nitrogens with zero attached hydrogens (tertiary/aromatic N) is 2. The fourth-order valence-electron chi connectivity index (χ4n) is 0.612. The molecule has 0 aromatic carbocycles. The van der Waals surface area contributed by atoms with Crippen LogP contribution < -0.4 is 0 Å². The highest BCUT2D eigenvalue weighted by Crippen LogP contribution is 2.11. The van der Waals surface area contributed by atoms with Crippen LogP contribution in [0.1, 0.15) is 6.92 Å². The average Bonchev–Trinajstić information content (AvgIpc) is 2.03. The summed E-state index contributed by atoms with van der Waals surface area (Å²) >= 11 is 0. The van der Waals surface area contributed by atoms with Crippen LogP contribution in [0.4, 0.5) is 0 Å². The third-order valence-electron chi connectivity index (χ3n) is 1.04. The summed E-state index contributed by atoms with van der Waals surface area (Å²) in [7, 11) is -3.64. The van der Waals surface area contributed by atoms with E-state index in [9.17, 15) is 8.42 Å². The molecule has 0 aliphatic heterocycles. The zero-order valence-corrected chi connectivity index (χ0v) is 8.05. The van der Waals surface area contributed by atoms with Gasteiger partial charge in [-0.3, -0.25) is 0 Å². The Labute approximate surface area is 76.8 Å². The van der Waals surface area contributed by atoms with E-state index in [-0.39, 0.29) is 6.61 Å². The maximum absolute atomic E-state index is 11.0. The molecular weight excluding hydrogens is 192 g/mol. The van der Waals surface area contributed by atoms with Gasteiger partial charge in [0.15, 0.2) is 5.57 Å². The van der Waals surface area contributed by atoms with Crippen molar-refractivity contribution in [3.05, 3.63) is 10.7 Å². The van der Waals surface area contributed by atoms with Crippen molar-refractivity contribution in [3.8, 4) is 12.1 Å². The summed E-state index contributed by atoms with van der Waals surface area (Å²) in [5.41, 5.74) is -0.524. The lowest BCUT2D eigenvalue weighted by Gasteiger charge is -2.04. The van der Waals surface area contributed by atoms with Crippen LogP contribution in [0.25, 0.3) is 0 Å². The van der Waals surface area contributed by atoms with E-state index < -0.39 is 20.5 Å². The number of hydrogen-bond acceptors (Lipinski definition) is 5. The van der Waals surface area contributed by atoms with Gasteiger partial charge in [-0.25, -0.2) is 8.42 Å². The second-order valence-corrected chi connectivity index (χ2v) is 4.01. The lowest BCUT2D eigenvalue weighted by Crippen LogP contribution is -2.07. The van der Waals surface area contributed by atoms with E-state index in [1.54, 1.807) is 6.92 Å². The molecule has 13 heavy (non-hydrogen) atoms. The normalized spacial score (nSPS) is 9.54. The van der Waals surface area contributed by atoms with E-state index in [0.29, 0.717) is 0 Å². The monoisotopic (exact) mass is 200 g/mol. The minimum absolute atomic E-state index is 0.0925. The van der Waals surface area contributed by atoms with E-state index in [2.05, 4.69) is 0 Å². The van der Waals surface area contributed by atoms with Crippen molar-refractivity contribution in [1.82, 2.24) is 0 Å². The van der Waals surface area contributed by atoms with Crippen molar-refractivity contribution >= 4 is 9.84 Å². The van der Waals surface area contributed by atoms with Crippen LogP contribution in [-0.4, -0.2) is 21.3 Å². The van der Waals surface area contributed by atoms with Crippen LogP contribution in [0.2, 0.25) is 0 Å². The van der Waals surface area contributed by atoms with Crippen molar-refractivity contribution in [2.24, 2.45) is 0 Å². The van der Waals surface area contributed by atoms with Crippen molar-refractivity contribution in [2.75, 3.05) is 12.9 Å². The molecule has 0 amide bonds. The molecule has 0 aliphatic carbocycles. The van der Waals surface area contributed by atoms with Crippen LogP contribution >= 0.6 is 0 Å². The Bertz CT molecular complexity index is 378. The van der Waals surface area contributed by atoms with Gasteiger partial charge in [-0.1, -0.05) is 0 Å². The number of ether oxygens (including phenoxy) is 1. The molecule has 0 spiro atoms. The van der Waals surface area contributed by atoms with Gasteiger partial charge in [-0.15, -0.1) is 0 Å². The Morgan fingerprint density at radius 1 is 1.38 bits per heavy atom. The van der Waals surface area contributed by atoms with Crippen LogP contribution in [0.15, 0.2) is 10.7 Å². The molecule has 0 bridgehead atoms. The summed E-state index contributed by atoms with van der Waals surface area (Å²) in [6, 6.07) is 2.92.